The summed E-state index contributed by atoms with van der Waals surface area (Å²) in [6, 6.07) is 18.6. The molecule has 3 aromatic rings. The van der Waals surface area contributed by atoms with Crippen LogP contribution in [0.2, 0.25) is 5.28 Å². The molecule has 0 radical (unpaired) electrons. The third-order valence-corrected chi connectivity index (χ3v) is 4.06. The van der Waals surface area contributed by atoms with Gasteiger partial charge in [-0.1, -0.05) is 42.5 Å². The molecule has 0 aliphatic heterocycles. The number of ether oxygens (including phenoxy) is 1. The summed E-state index contributed by atoms with van der Waals surface area (Å²) in [5.41, 5.74) is 2.46. The number of carbonyl (C=O) groups is 1. The molecule has 28 heavy (non-hydrogen) atoms. The number of hydrogen-bond acceptors (Lipinski definition) is 5. The Kier molecular flexibility index (Phi) is 6.40. The first-order valence-electron chi connectivity index (χ1n) is 8.71. The van der Waals surface area contributed by atoms with Gasteiger partial charge in [0.1, 0.15) is 12.4 Å². The molecule has 0 atom stereocenters. The summed E-state index contributed by atoms with van der Waals surface area (Å²) in [5, 5.41) is 0.0925. The third-order valence-electron chi connectivity index (χ3n) is 3.88. The van der Waals surface area contributed by atoms with Crippen LogP contribution >= 0.6 is 11.6 Å². The molecular weight excluding hydrogens is 374 g/mol. The Morgan fingerprint density at radius 3 is 2.61 bits per heavy atom. The topological polar surface area (TPSA) is 55.3 Å². The second-order valence-corrected chi connectivity index (χ2v) is 6.69. The Bertz CT molecular complexity index is 988. The van der Waals surface area contributed by atoms with Crippen molar-refractivity contribution in [3.8, 4) is 5.75 Å². The molecule has 0 spiro atoms. The lowest BCUT2D eigenvalue weighted by Gasteiger charge is -2.12. The van der Waals surface area contributed by atoms with Crippen molar-refractivity contribution in [3.05, 3.63) is 95.2 Å². The van der Waals surface area contributed by atoms with Crippen LogP contribution in [0.1, 0.15) is 21.6 Å². The number of rotatable bonds is 7. The zero-order valence-electron chi connectivity index (χ0n) is 15.7. The number of allylic oxidation sites excluding steroid dienone is 1. The molecule has 0 unspecified atom stereocenters. The van der Waals surface area contributed by atoms with Crippen molar-refractivity contribution in [2.24, 2.45) is 0 Å². The molecule has 0 saturated carbocycles. The Morgan fingerprint density at radius 2 is 1.89 bits per heavy atom. The van der Waals surface area contributed by atoms with E-state index in [0.29, 0.717) is 29.2 Å². The van der Waals surface area contributed by atoms with E-state index in [9.17, 15) is 4.79 Å². The zero-order chi connectivity index (χ0) is 19.9. The number of nitrogens with zero attached hydrogens (tertiary/aromatic N) is 3. The molecule has 1 aromatic heterocycles. The van der Waals surface area contributed by atoms with Crippen LogP contribution in [0.4, 0.5) is 0 Å². The fourth-order valence-corrected chi connectivity index (χ4v) is 2.76. The molecule has 1 heterocycles. The van der Waals surface area contributed by atoms with Crippen molar-refractivity contribution in [2.75, 3.05) is 14.1 Å². The van der Waals surface area contributed by atoms with Gasteiger partial charge in [0.2, 0.25) is 5.28 Å². The number of halogens is 1. The molecule has 0 fully saturated rings. The predicted octanol–water partition coefficient (Wildman–Crippen LogP) is 4.49. The molecular formula is C22H20ClN3O2. The quantitative estimate of drug-likeness (QED) is 0.336. The first-order chi connectivity index (χ1) is 13.5. The molecule has 3 rings (SSSR count). The van der Waals surface area contributed by atoms with Crippen LogP contribution in [0.5, 0.6) is 5.75 Å². The summed E-state index contributed by atoms with van der Waals surface area (Å²) in [5.74, 6) is 0.452. The molecule has 142 valence electrons. The van der Waals surface area contributed by atoms with Gasteiger partial charge < -0.3 is 9.64 Å². The molecule has 5 nitrogen and oxygen atoms in total. The van der Waals surface area contributed by atoms with Crippen LogP contribution in [0, 0.1) is 0 Å². The Balaban J connectivity index is 1.85. The van der Waals surface area contributed by atoms with E-state index in [2.05, 4.69) is 9.97 Å². The zero-order valence-corrected chi connectivity index (χ0v) is 16.4. The van der Waals surface area contributed by atoms with Gasteiger partial charge in [-0.05, 0) is 35.4 Å². The van der Waals surface area contributed by atoms with Gasteiger partial charge in [-0.2, -0.15) is 0 Å². The van der Waals surface area contributed by atoms with Crippen molar-refractivity contribution >= 4 is 23.0 Å². The van der Waals surface area contributed by atoms with E-state index >= 15 is 0 Å². The lowest BCUT2D eigenvalue weighted by molar-refractivity contribution is 0.105. The van der Waals surface area contributed by atoms with Crippen LogP contribution in [-0.4, -0.2) is 34.7 Å². The number of benzene rings is 2. The summed E-state index contributed by atoms with van der Waals surface area (Å²) >= 11 is 5.91. The highest BCUT2D eigenvalue weighted by atomic mass is 35.5. The van der Waals surface area contributed by atoms with Gasteiger partial charge in [-0.3, -0.25) is 4.79 Å². The molecule has 0 aliphatic rings. The first-order valence-corrected chi connectivity index (χ1v) is 9.09. The highest BCUT2D eigenvalue weighted by Gasteiger charge is 2.17. The molecule has 2 aromatic carbocycles. The van der Waals surface area contributed by atoms with E-state index in [4.69, 9.17) is 16.3 Å². The van der Waals surface area contributed by atoms with Crippen molar-refractivity contribution in [1.29, 1.82) is 0 Å². The SMILES string of the molecule is CN(C)C=C(C(=O)c1cccc(OCc2ccccc2)c1)c1ccnc(Cl)n1. The van der Waals surface area contributed by atoms with E-state index < -0.39 is 0 Å². The van der Waals surface area contributed by atoms with Gasteiger partial charge in [-0.15, -0.1) is 0 Å². The van der Waals surface area contributed by atoms with E-state index in [0.717, 1.165) is 5.56 Å². The predicted molar refractivity (Wildman–Crippen MR) is 110 cm³/mol. The largest absolute Gasteiger partial charge is 0.489 e. The molecule has 6 heteroatoms. The Morgan fingerprint density at radius 1 is 1.11 bits per heavy atom. The van der Waals surface area contributed by atoms with E-state index in [1.807, 2.05) is 50.5 Å². The maximum Gasteiger partial charge on any atom is 0.222 e. The minimum Gasteiger partial charge on any atom is -0.489 e. The molecule has 0 aliphatic carbocycles. The second-order valence-electron chi connectivity index (χ2n) is 6.35. The fraction of sp³-hybridized carbons (Fsp3) is 0.136. The third kappa shape index (κ3) is 5.18. The first kappa shape index (κ1) is 19.6. The fourth-order valence-electron chi connectivity index (χ4n) is 2.61. The molecule has 0 bridgehead atoms. The standard InChI is InChI=1S/C22H20ClN3O2/c1-26(2)14-19(20-11-12-24-22(23)25-20)21(27)17-9-6-10-18(13-17)28-15-16-7-4-3-5-8-16/h3-14H,15H2,1-2H3. The normalized spacial score (nSPS) is 11.2. The van der Waals surface area contributed by atoms with Gasteiger partial charge in [0.15, 0.2) is 5.78 Å². The number of ketones is 1. The maximum absolute atomic E-state index is 13.2. The lowest BCUT2D eigenvalue weighted by atomic mass is 10.0. The number of aromatic nitrogens is 2. The van der Waals surface area contributed by atoms with Crippen LogP contribution in [0.15, 0.2) is 73.1 Å². The van der Waals surface area contributed by atoms with Crippen LogP contribution in [0.25, 0.3) is 5.57 Å². The summed E-state index contributed by atoms with van der Waals surface area (Å²) in [7, 11) is 3.69. The van der Waals surface area contributed by atoms with Gasteiger partial charge in [0, 0.05) is 32.1 Å². The average molecular weight is 394 g/mol. The van der Waals surface area contributed by atoms with Crippen molar-refractivity contribution in [1.82, 2.24) is 14.9 Å². The highest BCUT2D eigenvalue weighted by molar-refractivity contribution is 6.30. The Hall–Kier alpha value is -3.18. The minimum atomic E-state index is -0.173. The van der Waals surface area contributed by atoms with Crippen molar-refractivity contribution in [3.63, 3.8) is 0 Å². The van der Waals surface area contributed by atoms with Crippen molar-refractivity contribution in [2.45, 2.75) is 6.61 Å². The van der Waals surface area contributed by atoms with E-state index in [1.165, 1.54) is 6.20 Å². The monoisotopic (exact) mass is 393 g/mol. The van der Waals surface area contributed by atoms with Crippen LogP contribution < -0.4 is 4.74 Å². The maximum atomic E-state index is 13.2. The molecule has 0 N–H and O–H groups in total. The van der Waals surface area contributed by atoms with Crippen molar-refractivity contribution < 1.29 is 9.53 Å². The average Bonchev–Trinajstić information content (AvgIpc) is 2.71. The van der Waals surface area contributed by atoms with Crippen LogP contribution in [0.3, 0.4) is 0 Å². The second kappa shape index (κ2) is 9.15. The summed E-state index contributed by atoms with van der Waals surface area (Å²) in [6.07, 6.45) is 3.25. The van der Waals surface area contributed by atoms with E-state index in [-0.39, 0.29) is 11.1 Å². The van der Waals surface area contributed by atoms with Gasteiger partial charge in [0.25, 0.3) is 0 Å². The summed E-state index contributed by atoms with van der Waals surface area (Å²) < 4.78 is 5.84. The molecule has 0 amide bonds. The lowest BCUT2D eigenvalue weighted by Crippen LogP contribution is -2.11. The summed E-state index contributed by atoms with van der Waals surface area (Å²) in [4.78, 5) is 23.0. The Labute approximate surface area is 169 Å². The van der Waals surface area contributed by atoms with Gasteiger partial charge in [-0.25, -0.2) is 9.97 Å². The number of hydrogen-bond donors (Lipinski definition) is 0. The smallest absolute Gasteiger partial charge is 0.222 e. The minimum absolute atomic E-state index is 0.0925. The van der Waals surface area contributed by atoms with Gasteiger partial charge >= 0.3 is 0 Å². The van der Waals surface area contributed by atoms with E-state index in [1.54, 1.807) is 35.4 Å². The summed E-state index contributed by atoms with van der Waals surface area (Å²) in [6.45, 7) is 0.431. The highest BCUT2D eigenvalue weighted by Crippen LogP contribution is 2.23. The number of carbonyl (C=O) groups excluding carboxylic acids is 1. The number of Topliss-reactive ketones (excluding diaryl/α,β-unsaturated/α-hetero) is 1. The van der Waals surface area contributed by atoms with Crippen LogP contribution in [-0.2, 0) is 6.61 Å². The molecule has 0 saturated heterocycles. The van der Waals surface area contributed by atoms with Gasteiger partial charge in [0.05, 0.1) is 11.3 Å².